The summed E-state index contributed by atoms with van der Waals surface area (Å²) < 4.78 is 4.56. The van der Waals surface area contributed by atoms with Gasteiger partial charge in [0.05, 0.1) is 6.61 Å². The van der Waals surface area contributed by atoms with Crippen molar-refractivity contribution in [3.63, 3.8) is 0 Å². The quantitative estimate of drug-likeness (QED) is 0.608. The molecule has 0 heterocycles. The molecule has 0 bridgehead atoms. The van der Waals surface area contributed by atoms with Gasteiger partial charge in [-0.05, 0) is 6.42 Å². The molecule has 0 saturated heterocycles. The summed E-state index contributed by atoms with van der Waals surface area (Å²) in [6.45, 7) is 2.64. The summed E-state index contributed by atoms with van der Waals surface area (Å²) in [7, 11) is 0. The lowest BCUT2D eigenvalue weighted by atomic mass is 10.2. The van der Waals surface area contributed by atoms with Gasteiger partial charge >= 0.3 is 6.09 Å². The smallest absolute Gasteiger partial charge is 0.404 e. The number of hydrogen-bond acceptors (Lipinski definition) is 3. The summed E-state index contributed by atoms with van der Waals surface area (Å²) in [5, 5.41) is 0. The van der Waals surface area contributed by atoms with Gasteiger partial charge in [-0.3, -0.25) is 0 Å². The average Bonchev–Trinajstić information content (AvgIpc) is 1.96. The van der Waals surface area contributed by atoms with Gasteiger partial charge in [0.25, 0.3) is 0 Å². The van der Waals surface area contributed by atoms with Crippen molar-refractivity contribution in [2.45, 2.75) is 39.0 Å². The maximum Gasteiger partial charge on any atom is 0.404 e. The van der Waals surface area contributed by atoms with E-state index >= 15 is 0 Å². The highest BCUT2D eigenvalue weighted by atomic mass is 16.5. The van der Waals surface area contributed by atoms with E-state index in [4.69, 9.17) is 5.73 Å². The largest absolute Gasteiger partial charge is 0.450 e. The molecule has 0 saturated carbocycles. The van der Waals surface area contributed by atoms with Crippen LogP contribution >= 0.6 is 0 Å². The minimum absolute atomic E-state index is 0. The van der Waals surface area contributed by atoms with E-state index in [0.29, 0.717) is 6.61 Å². The maximum atomic E-state index is 10.1. The van der Waals surface area contributed by atoms with Crippen molar-refractivity contribution >= 4 is 6.09 Å². The van der Waals surface area contributed by atoms with Crippen molar-refractivity contribution in [3.05, 3.63) is 0 Å². The van der Waals surface area contributed by atoms with Crippen LogP contribution in [0.25, 0.3) is 0 Å². The van der Waals surface area contributed by atoms with E-state index in [1.54, 1.807) is 0 Å². The van der Waals surface area contributed by atoms with Crippen LogP contribution in [0.1, 0.15) is 39.0 Å². The number of amides is 1. The summed E-state index contributed by atoms with van der Waals surface area (Å²) in [6.07, 6.45) is 5.11. The normalized spacial score (nSPS) is 8.75. The summed E-state index contributed by atoms with van der Waals surface area (Å²) in [5.41, 5.74) is 4.77. The minimum atomic E-state index is -0.666. The van der Waals surface area contributed by atoms with Crippen molar-refractivity contribution in [2.24, 2.45) is 5.73 Å². The predicted molar refractivity (Wildman–Crippen MR) is 49.3 cm³/mol. The van der Waals surface area contributed by atoms with E-state index in [1.165, 1.54) is 19.3 Å². The predicted octanol–water partition coefficient (Wildman–Crippen LogP) is 2.21. The topological polar surface area (TPSA) is 87.3 Å². The molecule has 4 nitrogen and oxygen atoms in total. The van der Waals surface area contributed by atoms with E-state index in [-0.39, 0.29) is 6.15 Å². The molecule has 0 fully saturated rings. The molecule has 12 heavy (non-hydrogen) atoms. The molecule has 0 spiro atoms. The molecule has 0 aromatic rings. The second kappa shape index (κ2) is 10.2. The van der Waals surface area contributed by atoms with Crippen LogP contribution in [-0.2, 0) is 4.74 Å². The third kappa shape index (κ3) is 12.0. The Labute approximate surface area is 74.0 Å². The Kier molecular flexibility index (Phi) is 11.8. The van der Waals surface area contributed by atoms with Crippen LogP contribution < -0.4 is 11.9 Å². The van der Waals surface area contributed by atoms with E-state index in [2.05, 4.69) is 11.7 Å². The van der Waals surface area contributed by atoms with Gasteiger partial charge < -0.3 is 16.6 Å². The van der Waals surface area contributed by atoms with Crippen LogP contribution in [0.4, 0.5) is 4.79 Å². The van der Waals surface area contributed by atoms with Gasteiger partial charge in [-0.1, -0.05) is 32.6 Å². The number of primary amides is 1. The van der Waals surface area contributed by atoms with Crippen LogP contribution in [0, 0.1) is 0 Å². The first-order valence-electron chi connectivity index (χ1n) is 4.19. The van der Waals surface area contributed by atoms with Crippen LogP contribution in [0.15, 0.2) is 0 Å². The number of ether oxygens (including phenoxy) is 1. The zero-order valence-electron chi connectivity index (χ0n) is 7.84. The Hall–Kier alpha value is -0.770. The van der Waals surface area contributed by atoms with Crippen molar-refractivity contribution in [2.75, 3.05) is 6.61 Å². The molecular formula is C8H20N2O2. The molecule has 1 amide bonds. The van der Waals surface area contributed by atoms with Crippen LogP contribution in [0.2, 0.25) is 0 Å². The summed E-state index contributed by atoms with van der Waals surface area (Å²) >= 11 is 0. The highest BCUT2D eigenvalue weighted by Gasteiger charge is 1.92. The monoisotopic (exact) mass is 176 g/mol. The van der Waals surface area contributed by atoms with Crippen LogP contribution in [-0.4, -0.2) is 12.7 Å². The van der Waals surface area contributed by atoms with Gasteiger partial charge in [-0.25, -0.2) is 4.79 Å². The minimum Gasteiger partial charge on any atom is -0.450 e. The maximum absolute atomic E-state index is 10.1. The molecule has 0 aliphatic rings. The van der Waals surface area contributed by atoms with Crippen molar-refractivity contribution in [1.82, 2.24) is 6.15 Å². The van der Waals surface area contributed by atoms with E-state index in [0.717, 1.165) is 12.8 Å². The molecule has 0 aliphatic heterocycles. The van der Waals surface area contributed by atoms with Gasteiger partial charge in [0.15, 0.2) is 0 Å². The highest BCUT2D eigenvalue weighted by Crippen LogP contribution is 2.01. The molecule has 0 aliphatic carbocycles. The van der Waals surface area contributed by atoms with Crippen molar-refractivity contribution in [1.29, 1.82) is 0 Å². The van der Waals surface area contributed by atoms with Gasteiger partial charge in [0.2, 0.25) is 0 Å². The fourth-order valence-electron chi connectivity index (χ4n) is 0.878. The fourth-order valence-corrected chi connectivity index (χ4v) is 0.878. The van der Waals surface area contributed by atoms with Gasteiger partial charge in [0.1, 0.15) is 0 Å². The highest BCUT2D eigenvalue weighted by molar-refractivity contribution is 5.64. The van der Waals surface area contributed by atoms with Gasteiger partial charge in [0, 0.05) is 0 Å². The lowest BCUT2D eigenvalue weighted by Gasteiger charge is -2.00. The Bertz CT molecular complexity index is 107. The number of unbranched alkanes of at least 4 members (excludes halogenated alkanes) is 4. The van der Waals surface area contributed by atoms with E-state index in [1.807, 2.05) is 0 Å². The zero-order chi connectivity index (χ0) is 8.53. The zero-order valence-corrected chi connectivity index (χ0v) is 7.84. The number of carbonyl (C=O) groups is 1. The fraction of sp³-hybridized carbons (Fsp3) is 0.875. The van der Waals surface area contributed by atoms with E-state index < -0.39 is 6.09 Å². The SMILES string of the molecule is CCCCCCCOC(N)=O.N. The second-order valence-electron chi connectivity index (χ2n) is 2.58. The number of nitrogens with two attached hydrogens (primary N) is 1. The molecular weight excluding hydrogens is 156 g/mol. The molecule has 0 aromatic heterocycles. The summed E-state index contributed by atoms with van der Waals surface area (Å²) in [5.74, 6) is 0. The summed E-state index contributed by atoms with van der Waals surface area (Å²) in [6, 6.07) is 0. The molecule has 0 aromatic carbocycles. The lowest BCUT2D eigenvalue weighted by Crippen LogP contribution is -2.13. The first-order valence-corrected chi connectivity index (χ1v) is 4.19. The van der Waals surface area contributed by atoms with E-state index in [9.17, 15) is 4.79 Å². The average molecular weight is 176 g/mol. The Balaban J connectivity index is 0. The first-order chi connectivity index (χ1) is 5.27. The lowest BCUT2D eigenvalue weighted by molar-refractivity contribution is 0.154. The number of carbonyl (C=O) groups excluding carboxylic acids is 1. The third-order valence-electron chi connectivity index (χ3n) is 1.49. The Morgan fingerprint density at radius 1 is 1.25 bits per heavy atom. The molecule has 0 rings (SSSR count). The number of hydrogen-bond donors (Lipinski definition) is 2. The third-order valence-corrected chi connectivity index (χ3v) is 1.49. The number of rotatable bonds is 6. The Morgan fingerprint density at radius 2 is 1.83 bits per heavy atom. The second-order valence-corrected chi connectivity index (χ2v) is 2.58. The van der Waals surface area contributed by atoms with Crippen LogP contribution in [0.3, 0.4) is 0 Å². The Morgan fingerprint density at radius 3 is 2.33 bits per heavy atom. The molecule has 74 valence electrons. The molecule has 0 radical (unpaired) electrons. The van der Waals surface area contributed by atoms with Crippen molar-refractivity contribution in [3.8, 4) is 0 Å². The van der Waals surface area contributed by atoms with Gasteiger partial charge in [-0.2, -0.15) is 0 Å². The molecule has 4 heteroatoms. The first kappa shape index (κ1) is 13.8. The van der Waals surface area contributed by atoms with Crippen LogP contribution in [0.5, 0.6) is 0 Å². The van der Waals surface area contributed by atoms with Gasteiger partial charge in [-0.15, -0.1) is 0 Å². The molecule has 0 atom stereocenters. The standard InChI is InChI=1S/C8H17NO2.H3N/c1-2-3-4-5-6-7-11-8(9)10;/h2-7H2,1H3,(H2,9,10);1H3. The molecule has 5 N–H and O–H groups in total. The summed E-state index contributed by atoms with van der Waals surface area (Å²) in [4.78, 5) is 10.1. The van der Waals surface area contributed by atoms with Crippen molar-refractivity contribution < 1.29 is 9.53 Å². The molecule has 0 unspecified atom stereocenters.